The number of aryl methyl sites for hydroxylation is 1. The summed E-state index contributed by atoms with van der Waals surface area (Å²) in [6.07, 6.45) is 4.57. The maximum Gasteiger partial charge on any atom is 0.303 e. The summed E-state index contributed by atoms with van der Waals surface area (Å²) in [5, 5.41) is 11.1. The van der Waals surface area contributed by atoms with Gasteiger partial charge in [0.1, 0.15) is 12.7 Å². The van der Waals surface area contributed by atoms with E-state index in [1.54, 1.807) is 0 Å². The van der Waals surface area contributed by atoms with E-state index >= 15 is 0 Å². The van der Waals surface area contributed by atoms with Crippen LogP contribution in [-0.2, 0) is 49.3 Å². The van der Waals surface area contributed by atoms with E-state index in [-0.39, 0.29) is 43.2 Å². The van der Waals surface area contributed by atoms with Crippen molar-refractivity contribution in [3.8, 4) is 5.88 Å². The van der Waals surface area contributed by atoms with Crippen LogP contribution in [0, 0.1) is 12.3 Å². The number of rotatable bonds is 14. The number of nitrogens with one attached hydrogen (secondary N) is 2. The number of aromatic nitrogens is 2. The minimum absolute atomic E-state index is 0. The van der Waals surface area contributed by atoms with Crippen molar-refractivity contribution in [1.82, 2.24) is 20.4 Å². The van der Waals surface area contributed by atoms with Crippen LogP contribution in [0.2, 0.25) is 0 Å². The number of hydrogen-bond donors (Lipinski definition) is 2. The van der Waals surface area contributed by atoms with Gasteiger partial charge in [-0.2, -0.15) is 0 Å². The first kappa shape index (κ1) is 47.7. The number of likely N-dealkylation sites (tertiary alicyclic amines) is 1. The van der Waals surface area contributed by atoms with E-state index < -0.39 is 54.6 Å². The summed E-state index contributed by atoms with van der Waals surface area (Å²) in [5.41, 5.74) is 5.39. The Morgan fingerprint density at radius 3 is 2.25 bits per heavy atom. The zero-order chi connectivity index (χ0) is 39.7. The molecule has 3 aliphatic heterocycles. The second-order valence-corrected chi connectivity index (χ2v) is 15.4. The minimum Gasteiger partial charge on any atom is -0.463 e. The first-order valence-electron chi connectivity index (χ1n) is 19.5. The molecule has 16 heteroatoms. The van der Waals surface area contributed by atoms with Crippen LogP contribution in [0.3, 0.4) is 0 Å². The highest BCUT2D eigenvalue weighted by atomic mass is 35.5. The molecule has 1 aromatic heterocycles. The van der Waals surface area contributed by atoms with Gasteiger partial charge in [0.15, 0.2) is 12.2 Å². The molecule has 3 saturated heterocycles. The monoisotopic (exact) mass is 838 g/mol. The minimum atomic E-state index is -1.40. The number of H-pyrrole nitrogens is 1. The van der Waals surface area contributed by atoms with Gasteiger partial charge < -0.3 is 38.6 Å². The van der Waals surface area contributed by atoms with Crippen LogP contribution in [0.1, 0.15) is 108 Å². The predicted molar refractivity (Wildman–Crippen MR) is 218 cm³/mol. The van der Waals surface area contributed by atoms with Gasteiger partial charge in [0, 0.05) is 58.5 Å². The van der Waals surface area contributed by atoms with Gasteiger partial charge in [-0.25, -0.2) is 0 Å². The SMILES string of the molecule is CC(=O)OC[C@H]1O[C@H](Oc2n[nH]c(C(C)C)c2Cc2ccc(/C=C/CCN3CCCC4(CCNCC4)C3)cc2C)[C@H](OC(C)=O)[C@@H](OC(C)=O)[C@@H]1OC(C)=O.Cl.Cl. The third-order valence-corrected chi connectivity index (χ3v) is 10.7. The summed E-state index contributed by atoms with van der Waals surface area (Å²) in [5.74, 6) is -2.53. The summed E-state index contributed by atoms with van der Waals surface area (Å²) in [7, 11) is 0. The molecule has 14 nitrogen and oxygen atoms in total. The van der Waals surface area contributed by atoms with E-state index in [0.717, 1.165) is 54.0 Å². The summed E-state index contributed by atoms with van der Waals surface area (Å²) in [6.45, 7) is 16.3. The Hall–Kier alpha value is -3.69. The van der Waals surface area contributed by atoms with Crippen LogP contribution in [0.4, 0.5) is 0 Å². The van der Waals surface area contributed by atoms with Crippen LogP contribution in [0.15, 0.2) is 24.3 Å². The molecule has 0 aliphatic carbocycles. The quantitative estimate of drug-likeness (QED) is 0.178. The number of hydrogen-bond acceptors (Lipinski definition) is 13. The normalized spacial score (nSPS) is 23.3. The molecule has 0 saturated carbocycles. The third kappa shape index (κ3) is 13.2. The molecule has 0 radical (unpaired) electrons. The molecule has 3 aliphatic rings. The van der Waals surface area contributed by atoms with Crippen molar-refractivity contribution in [2.45, 2.75) is 124 Å². The lowest BCUT2D eigenvalue weighted by Gasteiger charge is -2.45. The number of ether oxygens (including phenoxy) is 6. The van der Waals surface area contributed by atoms with Crippen LogP contribution >= 0.6 is 24.8 Å². The van der Waals surface area contributed by atoms with Crippen LogP contribution in [0.25, 0.3) is 6.08 Å². The molecule has 318 valence electrons. The van der Waals surface area contributed by atoms with Crippen LogP contribution < -0.4 is 10.1 Å². The highest BCUT2D eigenvalue weighted by Gasteiger charge is 2.53. The Kier molecular flexibility index (Phi) is 18.3. The van der Waals surface area contributed by atoms with E-state index in [0.29, 0.717) is 11.8 Å². The molecule has 1 spiro atoms. The highest BCUT2D eigenvalue weighted by molar-refractivity contribution is 5.85. The average molecular weight is 840 g/mol. The summed E-state index contributed by atoms with van der Waals surface area (Å²) in [6, 6.07) is 6.39. The van der Waals surface area contributed by atoms with E-state index in [9.17, 15) is 19.2 Å². The molecule has 4 heterocycles. The van der Waals surface area contributed by atoms with E-state index in [1.807, 2.05) is 13.8 Å². The summed E-state index contributed by atoms with van der Waals surface area (Å²) < 4.78 is 34.5. The second-order valence-electron chi connectivity index (χ2n) is 15.4. The summed E-state index contributed by atoms with van der Waals surface area (Å²) >= 11 is 0. The molecule has 0 unspecified atom stereocenters. The maximum absolute atomic E-state index is 12.4. The van der Waals surface area contributed by atoms with E-state index in [4.69, 9.17) is 28.4 Å². The lowest BCUT2D eigenvalue weighted by molar-refractivity contribution is -0.289. The molecule has 57 heavy (non-hydrogen) atoms. The van der Waals surface area contributed by atoms with Crippen LogP contribution in [0.5, 0.6) is 5.88 Å². The van der Waals surface area contributed by atoms with Gasteiger partial charge in [-0.05, 0) is 86.7 Å². The van der Waals surface area contributed by atoms with E-state index in [2.05, 4.69) is 57.7 Å². The van der Waals surface area contributed by atoms with Gasteiger partial charge in [-0.15, -0.1) is 29.9 Å². The van der Waals surface area contributed by atoms with Crippen molar-refractivity contribution in [3.63, 3.8) is 0 Å². The fourth-order valence-corrected chi connectivity index (χ4v) is 8.05. The molecule has 1 aromatic carbocycles. The molecule has 3 fully saturated rings. The van der Waals surface area contributed by atoms with Gasteiger partial charge in [0.2, 0.25) is 18.3 Å². The highest BCUT2D eigenvalue weighted by Crippen LogP contribution is 2.38. The number of carbonyl (C=O) groups excluding carboxylic acids is 4. The Balaban J connectivity index is 0.00000435. The van der Waals surface area contributed by atoms with Crippen molar-refractivity contribution in [1.29, 1.82) is 0 Å². The largest absolute Gasteiger partial charge is 0.463 e. The van der Waals surface area contributed by atoms with Gasteiger partial charge in [0.25, 0.3) is 0 Å². The first-order valence-corrected chi connectivity index (χ1v) is 19.5. The number of piperidine rings is 2. The number of halogens is 2. The number of benzene rings is 1. The second kappa shape index (κ2) is 21.9. The van der Waals surface area contributed by atoms with E-state index in [1.165, 1.54) is 66.5 Å². The number of carbonyl (C=O) groups is 4. The fraction of sp³-hybridized carbons (Fsp3) is 0.634. The maximum atomic E-state index is 12.4. The third-order valence-electron chi connectivity index (χ3n) is 10.7. The van der Waals surface area contributed by atoms with Crippen molar-refractivity contribution in [2.24, 2.45) is 5.41 Å². The predicted octanol–water partition coefficient (Wildman–Crippen LogP) is 5.61. The number of esters is 4. The molecule has 5 rings (SSSR count). The Morgan fingerprint density at radius 1 is 0.947 bits per heavy atom. The molecule has 2 aromatic rings. The van der Waals surface area contributed by atoms with Gasteiger partial charge in [0.05, 0.1) is 0 Å². The number of nitrogens with zero attached hydrogens (tertiary/aromatic N) is 2. The lowest BCUT2D eigenvalue weighted by Crippen LogP contribution is -2.63. The average Bonchev–Trinajstić information content (AvgIpc) is 3.51. The van der Waals surface area contributed by atoms with Crippen molar-refractivity contribution in [2.75, 3.05) is 39.3 Å². The summed E-state index contributed by atoms with van der Waals surface area (Å²) in [4.78, 5) is 51.2. The van der Waals surface area contributed by atoms with Gasteiger partial charge in [-0.1, -0.05) is 44.2 Å². The molecular formula is C41H60Cl2N4O10. The Bertz CT molecular complexity index is 1690. The van der Waals surface area contributed by atoms with Crippen molar-refractivity contribution in [3.05, 3.63) is 52.2 Å². The molecule has 0 amide bonds. The lowest BCUT2D eigenvalue weighted by atomic mass is 9.73. The molecular weight excluding hydrogens is 779 g/mol. The van der Waals surface area contributed by atoms with Gasteiger partial charge >= 0.3 is 23.9 Å². The molecule has 0 bridgehead atoms. The molecule has 2 N–H and O–H groups in total. The van der Waals surface area contributed by atoms with Crippen molar-refractivity contribution >= 4 is 54.8 Å². The zero-order valence-corrected chi connectivity index (χ0v) is 35.8. The van der Waals surface area contributed by atoms with Gasteiger partial charge in [-0.3, -0.25) is 24.3 Å². The Labute approximate surface area is 348 Å². The smallest absolute Gasteiger partial charge is 0.303 e. The zero-order valence-electron chi connectivity index (χ0n) is 34.1. The topological polar surface area (TPSA) is 168 Å². The molecule has 5 atom stereocenters. The number of aromatic amines is 1. The Morgan fingerprint density at radius 2 is 1.61 bits per heavy atom. The van der Waals surface area contributed by atoms with Crippen molar-refractivity contribution < 1.29 is 47.6 Å². The fourth-order valence-electron chi connectivity index (χ4n) is 8.05. The van der Waals surface area contributed by atoms with Crippen LogP contribution in [-0.4, -0.2) is 109 Å². The standard InChI is InChI=1S/C41H58N4O10.2ClH/c1-25(2)35-33(22-32-13-12-31(21-26(32)3)11-8-9-19-45-20-10-14-41(24-45)15-17-42-18-16-41)39(44-43-35)55-40-38(53-30(7)49)37(52-29(6)48)36(51-28(5)47)34(54-40)23-50-27(4)46;;/h8,11-13,21,25,34,36-38,40,42H,9-10,14-20,22-24H2,1-7H3,(H,43,44);2*1H/b11-8+;;/t34-,36-,37+,38-,40-;;/m1../s1. The first-order chi connectivity index (χ1) is 26.2.